The molecule has 0 amide bonds. The average Bonchev–Trinajstić information content (AvgIpc) is 2.38. The van der Waals surface area contributed by atoms with Gasteiger partial charge in [-0.05, 0) is 12.1 Å². The van der Waals surface area contributed by atoms with E-state index in [1.54, 1.807) is 6.07 Å². The normalized spacial score (nSPS) is 12.1. The summed E-state index contributed by atoms with van der Waals surface area (Å²) in [6.07, 6.45) is 0. The van der Waals surface area contributed by atoms with Gasteiger partial charge in [-0.15, -0.1) is 0 Å². The number of aromatic hydroxyl groups is 1. The van der Waals surface area contributed by atoms with Gasteiger partial charge in [-0.25, -0.2) is 0 Å². The third-order valence-electron chi connectivity index (χ3n) is 2.56. The molecule has 0 aliphatic rings. The molecule has 0 heterocycles. The van der Waals surface area contributed by atoms with Crippen LogP contribution in [0.4, 0.5) is 13.2 Å². The zero-order valence-electron chi connectivity index (χ0n) is 10.3. The van der Waals surface area contributed by atoms with Crippen molar-refractivity contribution in [2.24, 2.45) is 0 Å². The first-order valence-corrected chi connectivity index (χ1v) is 7.01. The minimum Gasteiger partial charge on any atom is -0.507 e. The van der Waals surface area contributed by atoms with Crippen molar-refractivity contribution < 1.29 is 30.9 Å². The molecule has 0 saturated heterocycles. The van der Waals surface area contributed by atoms with Gasteiger partial charge in [-0.3, -0.25) is 0 Å². The fourth-order valence-corrected chi connectivity index (χ4v) is 2.10. The number of para-hydroxylation sites is 2. The van der Waals surface area contributed by atoms with Gasteiger partial charge < -0.3 is 9.29 Å². The van der Waals surface area contributed by atoms with Gasteiger partial charge in [0.2, 0.25) is 0 Å². The van der Waals surface area contributed by atoms with E-state index >= 15 is 0 Å². The fourth-order valence-electron chi connectivity index (χ4n) is 1.63. The van der Waals surface area contributed by atoms with Gasteiger partial charge in [-0.1, -0.05) is 36.4 Å². The van der Waals surface area contributed by atoms with Crippen molar-refractivity contribution in [2.75, 3.05) is 0 Å². The summed E-state index contributed by atoms with van der Waals surface area (Å²) >= 11 is 0. The Balaban J connectivity index is 2.52. The number of rotatable bonds is 3. The molecule has 0 bridgehead atoms. The van der Waals surface area contributed by atoms with Crippen LogP contribution in [0, 0.1) is 0 Å². The van der Waals surface area contributed by atoms with Gasteiger partial charge in [0.1, 0.15) is 5.75 Å². The number of hydrogen-bond donors (Lipinski definition) is 1. The van der Waals surface area contributed by atoms with Crippen LogP contribution >= 0.6 is 0 Å². The van der Waals surface area contributed by atoms with Crippen molar-refractivity contribution in [1.29, 1.82) is 0 Å². The molecular formula is C13H9F3O4S. The van der Waals surface area contributed by atoms with E-state index in [0.717, 1.165) is 6.07 Å². The van der Waals surface area contributed by atoms with E-state index in [1.165, 1.54) is 36.4 Å². The Kier molecular flexibility index (Phi) is 3.82. The molecule has 0 spiro atoms. The minimum atomic E-state index is -5.78. The van der Waals surface area contributed by atoms with Crippen LogP contribution in [0.3, 0.4) is 0 Å². The third kappa shape index (κ3) is 3.10. The lowest BCUT2D eigenvalue weighted by atomic mass is 10.0. The highest BCUT2D eigenvalue weighted by Gasteiger charge is 2.48. The van der Waals surface area contributed by atoms with Gasteiger partial charge >= 0.3 is 15.6 Å². The molecule has 2 aromatic carbocycles. The molecule has 4 nitrogen and oxygen atoms in total. The van der Waals surface area contributed by atoms with Crippen LogP contribution in [-0.2, 0) is 10.1 Å². The molecule has 21 heavy (non-hydrogen) atoms. The lowest BCUT2D eigenvalue weighted by Gasteiger charge is -2.13. The van der Waals surface area contributed by atoms with Gasteiger partial charge in [0.15, 0.2) is 5.75 Å². The molecule has 0 saturated carbocycles. The van der Waals surface area contributed by atoms with Gasteiger partial charge in [0.05, 0.1) is 0 Å². The van der Waals surface area contributed by atoms with E-state index in [2.05, 4.69) is 4.18 Å². The summed E-state index contributed by atoms with van der Waals surface area (Å²) < 4.78 is 63.4. The second-order valence-electron chi connectivity index (χ2n) is 4.00. The molecule has 0 aliphatic heterocycles. The molecule has 0 radical (unpaired) electrons. The first-order valence-electron chi connectivity index (χ1n) is 5.60. The monoisotopic (exact) mass is 318 g/mol. The Morgan fingerprint density at radius 3 is 2.00 bits per heavy atom. The summed E-state index contributed by atoms with van der Waals surface area (Å²) in [5, 5.41) is 9.72. The van der Waals surface area contributed by atoms with Crippen molar-refractivity contribution in [2.45, 2.75) is 5.51 Å². The largest absolute Gasteiger partial charge is 0.534 e. The van der Waals surface area contributed by atoms with E-state index in [-0.39, 0.29) is 16.9 Å². The van der Waals surface area contributed by atoms with Crippen LogP contribution in [0.25, 0.3) is 11.1 Å². The highest BCUT2D eigenvalue weighted by molar-refractivity contribution is 7.88. The van der Waals surface area contributed by atoms with Crippen LogP contribution in [-0.4, -0.2) is 19.0 Å². The summed E-state index contributed by atoms with van der Waals surface area (Å²) in [7, 11) is -5.78. The van der Waals surface area contributed by atoms with Crippen LogP contribution in [0.1, 0.15) is 0 Å². The van der Waals surface area contributed by atoms with Gasteiger partial charge in [-0.2, -0.15) is 21.6 Å². The predicted octanol–water partition coefficient (Wildman–Crippen LogP) is 3.29. The average molecular weight is 318 g/mol. The second kappa shape index (κ2) is 5.28. The van der Waals surface area contributed by atoms with Crippen molar-refractivity contribution in [1.82, 2.24) is 0 Å². The van der Waals surface area contributed by atoms with Crippen LogP contribution < -0.4 is 4.18 Å². The standard InChI is InChI=1S/C13H9F3O4S/c14-13(15,16)21(18,19)20-12-8-4-2-6-10(12)9-5-1-3-7-11(9)17/h1-8,17H. The maximum Gasteiger partial charge on any atom is 0.534 e. The predicted molar refractivity (Wildman–Crippen MR) is 69.1 cm³/mol. The third-order valence-corrected chi connectivity index (χ3v) is 3.53. The van der Waals surface area contributed by atoms with Crippen LogP contribution in [0.15, 0.2) is 48.5 Å². The van der Waals surface area contributed by atoms with Crippen LogP contribution in [0.5, 0.6) is 11.5 Å². The van der Waals surface area contributed by atoms with Gasteiger partial charge in [0.25, 0.3) is 0 Å². The zero-order valence-corrected chi connectivity index (χ0v) is 11.1. The number of phenols is 1. The number of hydrogen-bond acceptors (Lipinski definition) is 4. The fraction of sp³-hybridized carbons (Fsp3) is 0.0769. The summed E-state index contributed by atoms with van der Waals surface area (Å²) in [6, 6.07) is 11.0. The molecule has 0 aliphatic carbocycles. The second-order valence-corrected chi connectivity index (χ2v) is 5.53. The lowest BCUT2D eigenvalue weighted by Crippen LogP contribution is -2.28. The molecule has 1 N–H and O–H groups in total. The number of phenolic OH excluding ortho intramolecular Hbond substituents is 1. The molecule has 0 atom stereocenters. The summed E-state index contributed by atoms with van der Waals surface area (Å²) in [4.78, 5) is 0. The first-order chi connectivity index (χ1) is 9.72. The Bertz CT molecular complexity index is 754. The number of alkyl halides is 3. The molecule has 112 valence electrons. The summed E-state index contributed by atoms with van der Waals surface area (Å²) in [6.45, 7) is 0. The van der Waals surface area contributed by atoms with Crippen molar-refractivity contribution >= 4 is 10.1 Å². The van der Waals surface area contributed by atoms with Crippen molar-refractivity contribution in [3.05, 3.63) is 48.5 Å². The Morgan fingerprint density at radius 2 is 1.43 bits per heavy atom. The van der Waals surface area contributed by atoms with E-state index in [1.807, 2.05) is 0 Å². The van der Waals surface area contributed by atoms with Crippen LogP contribution in [0.2, 0.25) is 0 Å². The summed E-state index contributed by atoms with van der Waals surface area (Å²) in [5.41, 5.74) is -5.34. The Labute approximate surface area is 118 Å². The first kappa shape index (κ1) is 15.2. The topological polar surface area (TPSA) is 63.6 Å². The summed E-state index contributed by atoms with van der Waals surface area (Å²) in [5.74, 6) is -0.728. The molecule has 8 heteroatoms. The van der Waals surface area contributed by atoms with E-state index < -0.39 is 21.4 Å². The maximum atomic E-state index is 12.4. The van der Waals surface area contributed by atoms with Crippen molar-refractivity contribution in [3.63, 3.8) is 0 Å². The smallest absolute Gasteiger partial charge is 0.507 e. The minimum absolute atomic E-state index is 0.0309. The van der Waals surface area contributed by atoms with Crippen molar-refractivity contribution in [3.8, 4) is 22.6 Å². The highest BCUT2D eigenvalue weighted by atomic mass is 32.2. The maximum absolute atomic E-state index is 12.4. The Morgan fingerprint density at radius 1 is 0.905 bits per heavy atom. The Hall–Kier alpha value is -2.22. The SMILES string of the molecule is O=S(=O)(Oc1ccccc1-c1ccccc1O)C(F)(F)F. The highest BCUT2D eigenvalue weighted by Crippen LogP contribution is 2.37. The molecule has 2 rings (SSSR count). The van der Waals surface area contributed by atoms with Gasteiger partial charge in [0, 0.05) is 11.1 Å². The molecule has 0 unspecified atom stereocenters. The quantitative estimate of drug-likeness (QED) is 0.697. The zero-order chi connectivity index (χ0) is 15.7. The van der Waals surface area contributed by atoms with E-state index in [4.69, 9.17) is 0 Å². The molecule has 2 aromatic rings. The van der Waals surface area contributed by atoms with E-state index in [0.29, 0.717) is 0 Å². The number of benzene rings is 2. The lowest BCUT2D eigenvalue weighted by molar-refractivity contribution is -0.0499. The molecule has 0 fully saturated rings. The van der Waals surface area contributed by atoms with E-state index in [9.17, 15) is 26.7 Å². The molecular weight excluding hydrogens is 309 g/mol. The molecule has 0 aromatic heterocycles. The number of halogens is 3.